The molecule has 2 rings (SSSR count). The Bertz CT molecular complexity index is 592. The Balaban J connectivity index is 2.20. The molecule has 0 saturated heterocycles. The van der Waals surface area contributed by atoms with Gasteiger partial charge in [-0.05, 0) is 28.9 Å². The van der Waals surface area contributed by atoms with Gasteiger partial charge in [-0.15, -0.1) is 0 Å². The van der Waals surface area contributed by atoms with Crippen molar-refractivity contribution in [1.29, 1.82) is 0 Å². The summed E-state index contributed by atoms with van der Waals surface area (Å²) in [7, 11) is -2.62. The average Bonchev–Trinajstić information content (AvgIpc) is 2.40. The molecule has 2 atom stereocenters. The number of benzene rings is 2. The zero-order chi connectivity index (χ0) is 13.0. The molecule has 0 fully saturated rings. The Morgan fingerprint density at radius 1 is 1.00 bits per heavy atom. The molecule has 0 bridgehead atoms. The van der Waals surface area contributed by atoms with Crippen molar-refractivity contribution in [2.24, 2.45) is 0 Å². The van der Waals surface area contributed by atoms with Gasteiger partial charge in [0, 0.05) is 4.90 Å². The van der Waals surface area contributed by atoms with E-state index in [0.717, 1.165) is 5.56 Å². The van der Waals surface area contributed by atoms with Crippen molar-refractivity contribution in [1.82, 2.24) is 0 Å². The van der Waals surface area contributed by atoms with Gasteiger partial charge in [0.25, 0.3) is 0 Å². The lowest BCUT2D eigenvalue weighted by molar-refractivity contribution is 0.203. The molecule has 18 heavy (non-hydrogen) atoms. The fourth-order valence-corrected chi connectivity index (χ4v) is 3.80. The molecule has 0 heterocycles. The first-order chi connectivity index (χ1) is 8.59. The van der Waals surface area contributed by atoms with Crippen molar-refractivity contribution in [3.05, 3.63) is 66.2 Å². The summed E-state index contributed by atoms with van der Waals surface area (Å²) in [5.74, 6) is 0.0658. The summed E-state index contributed by atoms with van der Waals surface area (Å²) in [6.07, 6.45) is -0.795. The average molecular weight is 278 g/mol. The van der Waals surface area contributed by atoms with Crippen LogP contribution in [0, 0.1) is 0 Å². The molecule has 0 aliphatic rings. The van der Waals surface area contributed by atoms with Crippen LogP contribution in [0.25, 0.3) is 0 Å². The Labute approximate surface area is 112 Å². The first kappa shape index (κ1) is 13.2. The van der Waals surface area contributed by atoms with Crippen molar-refractivity contribution >= 4 is 19.7 Å². The number of hydrogen-bond acceptors (Lipinski definition) is 3. The summed E-state index contributed by atoms with van der Waals surface area (Å²) < 4.78 is 12.4. The van der Waals surface area contributed by atoms with Crippen molar-refractivity contribution in [2.75, 3.05) is 5.75 Å². The molecule has 0 aliphatic heterocycles. The molecule has 4 heteroatoms. The number of aliphatic hydroxyl groups is 1. The topological polar surface area (TPSA) is 37.3 Å². The summed E-state index contributed by atoms with van der Waals surface area (Å²) >= 11 is 5.15. The summed E-state index contributed by atoms with van der Waals surface area (Å²) in [6.45, 7) is 0. The second-order valence-electron chi connectivity index (χ2n) is 4.02. The van der Waals surface area contributed by atoms with E-state index >= 15 is 0 Å². The highest BCUT2D eigenvalue weighted by Crippen LogP contribution is 2.19. The molecule has 2 aromatic carbocycles. The van der Waals surface area contributed by atoms with E-state index < -0.39 is 14.6 Å². The second kappa shape index (κ2) is 5.61. The number of hydrogen-bond donors (Lipinski definition) is 1. The molecule has 2 unspecified atom stereocenters. The zero-order valence-electron chi connectivity index (χ0n) is 9.73. The predicted octanol–water partition coefficient (Wildman–Crippen LogP) is 2.53. The molecule has 0 aromatic heterocycles. The molecular weight excluding hydrogens is 264 g/mol. The number of aliphatic hydroxyl groups excluding tert-OH is 1. The van der Waals surface area contributed by atoms with Crippen LogP contribution >= 0.6 is 0 Å². The molecule has 2 nitrogen and oxygen atoms in total. The fourth-order valence-electron chi connectivity index (χ4n) is 1.70. The van der Waals surface area contributed by atoms with Gasteiger partial charge in [0.05, 0.1) is 20.3 Å². The zero-order valence-corrected chi connectivity index (χ0v) is 11.4. The van der Waals surface area contributed by atoms with E-state index in [9.17, 15) is 9.32 Å². The summed E-state index contributed by atoms with van der Waals surface area (Å²) in [4.78, 5) is 0.606. The van der Waals surface area contributed by atoms with Gasteiger partial charge in [-0.3, -0.25) is 4.21 Å². The third-order valence-corrected chi connectivity index (χ3v) is 5.39. The molecule has 0 radical (unpaired) electrons. The quantitative estimate of drug-likeness (QED) is 0.934. The van der Waals surface area contributed by atoms with Crippen LogP contribution in [-0.4, -0.2) is 15.1 Å². The minimum absolute atomic E-state index is 0.0658. The van der Waals surface area contributed by atoms with Crippen LogP contribution in [0.15, 0.2) is 65.6 Å². The van der Waals surface area contributed by atoms with Gasteiger partial charge >= 0.3 is 0 Å². The molecule has 0 saturated carbocycles. The van der Waals surface area contributed by atoms with Gasteiger partial charge in [0.1, 0.15) is 0 Å². The van der Waals surface area contributed by atoms with E-state index in [4.69, 9.17) is 11.2 Å². The van der Waals surface area contributed by atoms with E-state index in [-0.39, 0.29) is 5.75 Å². The van der Waals surface area contributed by atoms with Crippen LogP contribution in [0.1, 0.15) is 11.7 Å². The highest BCUT2D eigenvalue weighted by molar-refractivity contribution is 8.33. The maximum Gasteiger partial charge on any atom is 0.0911 e. The molecular formula is C14H14O2S2. The minimum atomic E-state index is -2.62. The minimum Gasteiger partial charge on any atom is -0.387 e. The Morgan fingerprint density at radius 2 is 1.50 bits per heavy atom. The first-order valence-corrected chi connectivity index (χ1v) is 8.25. The smallest absolute Gasteiger partial charge is 0.0911 e. The highest BCUT2D eigenvalue weighted by atomic mass is 32.8. The standard InChI is InChI=1S/C14H14O2S2/c15-14(12-7-3-1-4-8-12)11-18(16,17)13-9-5-2-6-10-13/h1-10,14-15H,11H2. The first-order valence-electron chi connectivity index (χ1n) is 5.60. The third kappa shape index (κ3) is 3.16. The Morgan fingerprint density at radius 3 is 2.06 bits per heavy atom. The maximum atomic E-state index is 12.4. The van der Waals surface area contributed by atoms with Gasteiger partial charge in [0.2, 0.25) is 0 Å². The van der Waals surface area contributed by atoms with Crippen LogP contribution < -0.4 is 0 Å². The molecule has 94 valence electrons. The normalized spacial score (nSPS) is 15.8. The molecule has 1 N–H and O–H groups in total. The van der Waals surface area contributed by atoms with Crippen LogP contribution in [0.3, 0.4) is 0 Å². The van der Waals surface area contributed by atoms with Crippen molar-refractivity contribution in [2.45, 2.75) is 11.0 Å². The highest BCUT2D eigenvalue weighted by Gasteiger charge is 2.17. The van der Waals surface area contributed by atoms with Crippen LogP contribution in [0.5, 0.6) is 0 Å². The van der Waals surface area contributed by atoms with Crippen LogP contribution in [0.4, 0.5) is 0 Å². The van der Waals surface area contributed by atoms with E-state index in [2.05, 4.69) is 0 Å². The largest absolute Gasteiger partial charge is 0.387 e. The lowest BCUT2D eigenvalue weighted by Crippen LogP contribution is -2.13. The van der Waals surface area contributed by atoms with E-state index in [1.54, 1.807) is 36.4 Å². The summed E-state index contributed by atoms with van der Waals surface area (Å²) in [6, 6.07) is 18.1. The van der Waals surface area contributed by atoms with Gasteiger partial charge in [0.15, 0.2) is 0 Å². The SMILES string of the molecule is O=S(=S)(CC(O)c1ccccc1)c1ccccc1. The van der Waals surface area contributed by atoms with Gasteiger partial charge in [-0.1, -0.05) is 48.5 Å². The lowest BCUT2D eigenvalue weighted by Gasteiger charge is -2.13. The molecule has 0 spiro atoms. The number of rotatable bonds is 4. The molecule has 0 amide bonds. The summed E-state index contributed by atoms with van der Waals surface area (Å²) in [5, 5.41) is 10.1. The van der Waals surface area contributed by atoms with E-state index in [0.29, 0.717) is 4.90 Å². The van der Waals surface area contributed by atoms with Gasteiger partial charge in [-0.2, -0.15) is 0 Å². The van der Waals surface area contributed by atoms with Gasteiger partial charge < -0.3 is 5.11 Å². The predicted molar refractivity (Wildman–Crippen MR) is 76.5 cm³/mol. The van der Waals surface area contributed by atoms with Crippen LogP contribution in [-0.2, 0) is 19.7 Å². The molecule has 0 aliphatic carbocycles. The fraction of sp³-hybridized carbons (Fsp3) is 0.143. The van der Waals surface area contributed by atoms with Crippen molar-refractivity contribution in [3.8, 4) is 0 Å². The third-order valence-electron chi connectivity index (χ3n) is 2.66. The second-order valence-corrected chi connectivity index (χ2v) is 7.67. The van der Waals surface area contributed by atoms with E-state index in [1.165, 1.54) is 0 Å². The van der Waals surface area contributed by atoms with Crippen LogP contribution in [0.2, 0.25) is 0 Å². The van der Waals surface area contributed by atoms with Crippen molar-refractivity contribution in [3.63, 3.8) is 0 Å². The molecule has 2 aromatic rings. The van der Waals surface area contributed by atoms with Crippen molar-refractivity contribution < 1.29 is 9.32 Å². The maximum absolute atomic E-state index is 12.4. The summed E-state index contributed by atoms with van der Waals surface area (Å²) in [5.41, 5.74) is 0.742. The Kier molecular flexibility index (Phi) is 4.11. The van der Waals surface area contributed by atoms with E-state index in [1.807, 2.05) is 24.3 Å². The Hall–Kier alpha value is -1.23. The lowest BCUT2D eigenvalue weighted by atomic mass is 10.1. The van der Waals surface area contributed by atoms with Gasteiger partial charge in [-0.25, -0.2) is 0 Å². The monoisotopic (exact) mass is 278 g/mol.